The molecule has 5 heteroatoms. The molecule has 0 aliphatic rings. The van der Waals surface area contributed by atoms with Gasteiger partial charge >= 0.3 is 0 Å². The van der Waals surface area contributed by atoms with Crippen LogP contribution in [0.5, 0.6) is 0 Å². The zero-order valence-electron chi connectivity index (χ0n) is 9.82. The summed E-state index contributed by atoms with van der Waals surface area (Å²) >= 11 is 4.04. The van der Waals surface area contributed by atoms with Crippen LogP contribution in [0, 0.1) is 0 Å². The fourth-order valence-corrected chi connectivity index (χ4v) is 2.05. The number of nitrogens with one attached hydrogen (secondary N) is 1. The second-order valence-electron chi connectivity index (χ2n) is 4.11. The van der Waals surface area contributed by atoms with Crippen molar-refractivity contribution >= 4 is 12.6 Å². The molecule has 4 nitrogen and oxygen atoms in total. The van der Waals surface area contributed by atoms with Gasteiger partial charge < -0.3 is 15.2 Å². The monoisotopic (exact) mass is 264 g/mol. The number of aliphatic hydroxyl groups excluding tert-OH is 2. The van der Waals surface area contributed by atoms with Gasteiger partial charge in [0, 0.05) is 0 Å². The Labute approximate surface area is 111 Å². The molecule has 96 valence electrons. The Hall–Kier alpha value is -1.30. The first-order valence-corrected chi connectivity index (χ1v) is 6.41. The number of H-pyrrole nitrogens is 1. The third kappa shape index (κ3) is 2.93. The van der Waals surface area contributed by atoms with Crippen LogP contribution in [0.1, 0.15) is 18.1 Å². The van der Waals surface area contributed by atoms with Crippen LogP contribution in [0.4, 0.5) is 0 Å². The van der Waals surface area contributed by atoms with E-state index in [0.717, 1.165) is 11.3 Å². The van der Waals surface area contributed by atoms with Gasteiger partial charge in [-0.3, -0.25) is 0 Å². The highest BCUT2D eigenvalue weighted by atomic mass is 32.1. The van der Waals surface area contributed by atoms with Crippen LogP contribution in [-0.4, -0.2) is 32.0 Å². The zero-order valence-corrected chi connectivity index (χ0v) is 10.7. The molecular formula is C13H16N2O2S. The van der Waals surface area contributed by atoms with E-state index >= 15 is 0 Å². The number of imidazole rings is 1. The molecule has 0 amide bonds. The van der Waals surface area contributed by atoms with Crippen molar-refractivity contribution < 1.29 is 10.2 Å². The van der Waals surface area contributed by atoms with Crippen molar-refractivity contribution in [2.24, 2.45) is 0 Å². The van der Waals surface area contributed by atoms with Gasteiger partial charge in [0.25, 0.3) is 0 Å². The molecule has 1 aromatic heterocycles. The number of benzene rings is 1. The summed E-state index contributed by atoms with van der Waals surface area (Å²) < 4.78 is 0. The molecule has 0 radical (unpaired) electrons. The topological polar surface area (TPSA) is 69.1 Å². The fourth-order valence-electron chi connectivity index (χ4n) is 1.79. The Bertz CT molecular complexity index is 470. The minimum atomic E-state index is -0.868. The number of hydrogen-bond donors (Lipinski definition) is 4. The van der Waals surface area contributed by atoms with Crippen LogP contribution in [0.25, 0.3) is 11.3 Å². The summed E-state index contributed by atoms with van der Waals surface area (Å²) in [5, 5.41) is 19.6. The van der Waals surface area contributed by atoms with Crippen LogP contribution in [-0.2, 0) is 0 Å². The number of aromatic nitrogens is 2. The first-order chi connectivity index (χ1) is 8.72. The Morgan fingerprint density at radius 3 is 2.50 bits per heavy atom. The number of thiol groups is 1. The maximum absolute atomic E-state index is 9.94. The standard InChI is InChI=1S/C13H16N2O2S/c16-12(5-6-18)13(17)10-3-1-9(2-4-10)11-7-14-8-15-11/h1-4,7-8,12-13,16-18H,5-6H2,(H,14,15). The summed E-state index contributed by atoms with van der Waals surface area (Å²) in [6.45, 7) is 0. The molecule has 0 bridgehead atoms. The van der Waals surface area contributed by atoms with Gasteiger partial charge in [-0.15, -0.1) is 0 Å². The molecule has 0 aliphatic carbocycles. The van der Waals surface area contributed by atoms with Crippen LogP contribution < -0.4 is 0 Å². The lowest BCUT2D eigenvalue weighted by Gasteiger charge is -2.17. The normalized spacial score (nSPS) is 14.4. The Kier molecular flexibility index (Phi) is 4.41. The molecule has 3 N–H and O–H groups in total. The van der Waals surface area contributed by atoms with Crippen molar-refractivity contribution in [3.63, 3.8) is 0 Å². The molecule has 0 aliphatic heterocycles. The third-order valence-corrected chi connectivity index (χ3v) is 3.11. The molecule has 0 saturated carbocycles. The van der Waals surface area contributed by atoms with Crippen LogP contribution in [0.2, 0.25) is 0 Å². The summed E-state index contributed by atoms with van der Waals surface area (Å²) in [6.07, 6.45) is 2.18. The van der Waals surface area contributed by atoms with Crippen LogP contribution >= 0.6 is 12.6 Å². The van der Waals surface area contributed by atoms with Gasteiger partial charge in [0.05, 0.1) is 24.3 Å². The number of aromatic amines is 1. The molecule has 1 aromatic carbocycles. The Balaban J connectivity index is 2.12. The average Bonchev–Trinajstić information content (AvgIpc) is 2.92. The van der Waals surface area contributed by atoms with Gasteiger partial charge in [-0.2, -0.15) is 12.6 Å². The van der Waals surface area contributed by atoms with Gasteiger partial charge in [0.1, 0.15) is 6.10 Å². The molecule has 2 unspecified atom stereocenters. The lowest BCUT2D eigenvalue weighted by atomic mass is 10.0. The SMILES string of the molecule is OC(CCS)C(O)c1ccc(-c2cnc[nH]2)cc1. The first-order valence-electron chi connectivity index (χ1n) is 5.78. The van der Waals surface area contributed by atoms with Gasteiger partial charge in [0.15, 0.2) is 0 Å². The van der Waals surface area contributed by atoms with Crippen molar-refractivity contribution in [2.45, 2.75) is 18.6 Å². The highest BCUT2D eigenvalue weighted by molar-refractivity contribution is 7.80. The highest BCUT2D eigenvalue weighted by Crippen LogP contribution is 2.23. The maximum Gasteiger partial charge on any atom is 0.105 e. The van der Waals surface area contributed by atoms with Crippen molar-refractivity contribution in [1.82, 2.24) is 9.97 Å². The lowest BCUT2D eigenvalue weighted by molar-refractivity contribution is 0.0172. The Morgan fingerprint density at radius 1 is 1.22 bits per heavy atom. The van der Waals surface area contributed by atoms with Crippen molar-refractivity contribution in [2.75, 3.05) is 5.75 Å². The number of rotatable bonds is 5. The van der Waals surface area contributed by atoms with E-state index in [1.165, 1.54) is 0 Å². The summed E-state index contributed by atoms with van der Waals surface area (Å²) in [5.41, 5.74) is 2.62. The zero-order chi connectivity index (χ0) is 13.0. The predicted octanol–water partition coefficient (Wildman–Crippen LogP) is 1.79. The Morgan fingerprint density at radius 2 is 1.94 bits per heavy atom. The first kappa shape index (κ1) is 13.1. The smallest absolute Gasteiger partial charge is 0.105 e. The van der Waals surface area contributed by atoms with Gasteiger partial charge in [0.2, 0.25) is 0 Å². The minimum absolute atomic E-state index is 0.465. The second-order valence-corrected chi connectivity index (χ2v) is 4.56. The summed E-state index contributed by atoms with van der Waals surface area (Å²) in [4.78, 5) is 6.97. The van der Waals surface area contributed by atoms with E-state index in [-0.39, 0.29) is 0 Å². The molecule has 18 heavy (non-hydrogen) atoms. The molecule has 2 rings (SSSR count). The van der Waals surface area contributed by atoms with Gasteiger partial charge in [-0.25, -0.2) is 4.98 Å². The number of aliphatic hydroxyl groups is 2. The van der Waals surface area contributed by atoms with Crippen LogP contribution in [0.15, 0.2) is 36.8 Å². The minimum Gasteiger partial charge on any atom is -0.390 e. The molecule has 0 fully saturated rings. The van der Waals surface area contributed by atoms with E-state index in [1.54, 1.807) is 12.5 Å². The molecule has 2 atom stereocenters. The van der Waals surface area contributed by atoms with E-state index in [2.05, 4.69) is 22.6 Å². The average molecular weight is 264 g/mol. The number of nitrogens with zero attached hydrogens (tertiary/aromatic N) is 1. The van der Waals surface area contributed by atoms with Crippen LogP contribution in [0.3, 0.4) is 0 Å². The van der Waals surface area contributed by atoms with Gasteiger partial charge in [-0.05, 0) is 23.3 Å². The maximum atomic E-state index is 9.94. The lowest BCUT2D eigenvalue weighted by Crippen LogP contribution is -2.18. The van der Waals surface area contributed by atoms with Crippen molar-refractivity contribution in [1.29, 1.82) is 0 Å². The van der Waals surface area contributed by atoms with Crippen molar-refractivity contribution in [3.8, 4) is 11.3 Å². The van der Waals surface area contributed by atoms with E-state index in [9.17, 15) is 10.2 Å². The van der Waals surface area contributed by atoms with Crippen molar-refractivity contribution in [3.05, 3.63) is 42.4 Å². The molecule has 2 aromatic rings. The quantitative estimate of drug-likeness (QED) is 0.622. The fraction of sp³-hybridized carbons (Fsp3) is 0.308. The van der Waals surface area contributed by atoms with E-state index in [0.29, 0.717) is 17.7 Å². The van der Waals surface area contributed by atoms with E-state index in [1.807, 2.05) is 24.3 Å². The van der Waals surface area contributed by atoms with E-state index < -0.39 is 12.2 Å². The largest absolute Gasteiger partial charge is 0.390 e. The molecule has 1 heterocycles. The summed E-state index contributed by atoms with van der Waals surface area (Å²) in [7, 11) is 0. The predicted molar refractivity (Wildman–Crippen MR) is 73.5 cm³/mol. The van der Waals surface area contributed by atoms with Gasteiger partial charge in [-0.1, -0.05) is 24.3 Å². The molecular weight excluding hydrogens is 248 g/mol. The molecule has 0 spiro atoms. The highest BCUT2D eigenvalue weighted by Gasteiger charge is 2.17. The van der Waals surface area contributed by atoms with E-state index in [4.69, 9.17) is 0 Å². The third-order valence-electron chi connectivity index (χ3n) is 2.85. The molecule has 0 saturated heterocycles. The number of hydrogen-bond acceptors (Lipinski definition) is 4. The second kappa shape index (κ2) is 6.04. The summed E-state index contributed by atoms with van der Waals surface area (Å²) in [5.74, 6) is 0.546. The summed E-state index contributed by atoms with van der Waals surface area (Å²) in [6, 6.07) is 7.39.